The van der Waals surface area contributed by atoms with E-state index in [-0.39, 0.29) is 18.2 Å². The summed E-state index contributed by atoms with van der Waals surface area (Å²) in [5, 5.41) is 12.4. The van der Waals surface area contributed by atoms with Crippen LogP contribution < -0.4 is 0 Å². The topological polar surface area (TPSA) is 33.1 Å². The molecule has 25 heavy (non-hydrogen) atoms. The van der Waals surface area contributed by atoms with Crippen molar-refractivity contribution in [3.05, 3.63) is 83.9 Å². The number of fused-ring (bicyclic) bond motifs is 1. The Labute approximate surface area is 157 Å². The van der Waals surface area contributed by atoms with Crippen molar-refractivity contribution in [2.75, 3.05) is 0 Å². The van der Waals surface area contributed by atoms with E-state index in [2.05, 4.69) is 4.98 Å². The minimum atomic E-state index is 0. The zero-order chi connectivity index (χ0) is 16.5. The minimum Gasteiger partial charge on any atom is -0.505 e. The molecule has 0 radical (unpaired) electrons. The molecule has 0 fully saturated rings. The summed E-state index contributed by atoms with van der Waals surface area (Å²) in [6.07, 6.45) is 0. The van der Waals surface area contributed by atoms with Crippen molar-refractivity contribution in [2.24, 2.45) is 0 Å². The lowest BCUT2D eigenvalue weighted by Gasteiger charge is -2.14. The number of nitrogens with zero attached hydrogens (tertiary/aromatic N) is 1. The van der Waals surface area contributed by atoms with Crippen LogP contribution in [0.1, 0.15) is 0 Å². The van der Waals surface area contributed by atoms with Gasteiger partial charge in [0.05, 0.1) is 5.52 Å². The third kappa shape index (κ3) is 3.19. The molecule has 0 saturated carbocycles. The van der Waals surface area contributed by atoms with Gasteiger partial charge >= 0.3 is 0 Å². The Hall–Kier alpha value is -2.55. The van der Waals surface area contributed by atoms with Crippen molar-refractivity contribution >= 4 is 34.9 Å². The van der Waals surface area contributed by atoms with Gasteiger partial charge in [0.15, 0.2) is 0 Å². The maximum atomic E-state index is 11.0. The van der Waals surface area contributed by atoms with E-state index in [0.29, 0.717) is 10.7 Å². The fourth-order valence-corrected chi connectivity index (χ4v) is 3.09. The molecule has 0 bridgehead atoms. The summed E-state index contributed by atoms with van der Waals surface area (Å²) in [7, 11) is 0. The first kappa shape index (κ1) is 17.3. The van der Waals surface area contributed by atoms with Crippen LogP contribution in [0.4, 0.5) is 0 Å². The zero-order valence-corrected chi connectivity index (χ0v) is 14.8. The summed E-state index contributed by atoms with van der Waals surface area (Å²) >= 11 is 6.18. The minimum absolute atomic E-state index is 0. The fourth-order valence-electron chi connectivity index (χ4n) is 2.92. The highest BCUT2D eigenvalue weighted by atomic mass is 35.5. The molecule has 4 heteroatoms. The van der Waals surface area contributed by atoms with Crippen LogP contribution in [-0.4, -0.2) is 10.1 Å². The van der Waals surface area contributed by atoms with Gasteiger partial charge in [-0.3, -0.25) is 0 Å². The number of aromatic hydroxyl groups is 1. The highest BCUT2D eigenvalue weighted by molar-refractivity contribution is 6.31. The van der Waals surface area contributed by atoms with Gasteiger partial charge in [0, 0.05) is 21.5 Å². The molecule has 0 atom stereocenters. The first-order valence-corrected chi connectivity index (χ1v) is 8.05. The maximum Gasteiger partial charge on any atom is 0.150 e. The molecule has 0 unspecified atom stereocenters. The van der Waals surface area contributed by atoms with E-state index in [1.807, 2.05) is 78.9 Å². The van der Waals surface area contributed by atoms with Crippen LogP contribution in [0, 0.1) is 0 Å². The van der Waals surface area contributed by atoms with Crippen LogP contribution in [-0.2, 0) is 0 Å². The summed E-state index contributed by atoms with van der Waals surface area (Å²) in [5.41, 5.74) is 3.94. The molecule has 3 aromatic carbocycles. The smallest absolute Gasteiger partial charge is 0.150 e. The average Bonchev–Trinajstić information content (AvgIpc) is 2.63. The molecule has 0 aliphatic carbocycles. The van der Waals surface area contributed by atoms with E-state index in [4.69, 9.17) is 11.6 Å². The summed E-state index contributed by atoms with van der Waals surface area (Å²) in [4.78, 5) is 4.66. The van der Waals surface area contributed by atoms with Gasteiger partial charge in [0.25, 0.3) is 0 Å². The van der Waals surface area contributed by atoms with Gasteiger partial charge < -0.3 is 5.11 Å². The molecule has 1 heterocycles. The number of halogens is 2. The molecular formula is C21H15Cl2NO. The first-order chi connectivity index (χ1) is 11.7. The Bertz CT molecular complexity index is 1020. The lowest BCUT2D eigenvalue weighted by molar-refractivity contribution is 0.478. The van der Waals surface area contributed by atoms with Crippen LogP contribution in [0.25, 0.3) is 33.3 Å². The molecule has 0 spiro atoms. The normalized spacial score (nSPS) is 10.4. The van der Waals surface area contributed by atoms with Gasteiger partial charge in [-0.2, -0.15) is 0 Å². The van der Waals surface area contributed by atoms with Crippen molar-refractivity contribution in [3.63, 3.8) is 0 Å². The predicted molar refractivity (Wildman–Crippen MR) is 107 cm³/mol. The lowest BCUT2D eigenvalue weighted by Crippen LogP contribution is -1.92. The standard InChI is InChI=1S/C21H14ClNO.ClH/c22-16-11-12-18-17(13-16)19(14-7-3-1-4-8-14)21(24)20(23-18)15-9-5-2-6-10-15;/h1-13,24H;1H. The Balaban J connectivity index is 0.00000182. The van der Waals surface area contributed by atoms with E-state index in [1.54, 1.807) is 0 Å². The average molecular weight is 368 g/mol. The van der Waals surface area contributed by atoms with Crippen LogP contribution in [0.5, 0.6) is 5.75 Å². The van der Waals surface area contributed by atoms with E-state index >= 15 is 0 Å². The second-order valence-electron chi connectivity index (χ2n) is 5.58. The monoisotopic (exact) mass is 367 g/mol. The molecule has 4 rings (SSSR count). The van der Waals surface area contributed by atoms with Gasteiger partial charge in [0.1, 0.15) is 11.4 Å². The molecule has 0 aliphatic rings. The van der Waals surface area contributed by atoms with E-state index < -0.39 is 0 Å². The van der Waals surface area contributed by atoms with Crippen molar-refractivity contribution in [1.29, 1.82) is 0 Å². The Kier molecular flexibility index (Phi) is 4.93. The highest BCUT2D eigenvalue weighted by Gasteiger charge is 2.17. The predicted octanol–water partition coefficient (Wildman–Crippen LogP) is 6.35. The zero-order valence-electron chi connectivity index (χ0n) is 13.2. The molecule has 0 amide bonds. The van der Waals surface area contributed by atoms with E-state index in [1.165, 1.54) is 0 Å². The molecular weight excluding hydrogens is 353 g/mol. The van der Waals surface area contributed by atoms with E-state index in [0.717, 1.165) is 27.6 Å². The number of aromatic nitrogens is 1. The SMILES string of the molecule is Cl.Oc1c(-c2ccccc2)nc2ccc(Cl)cc2c1-c1ccccc1. The fraction of sp³-hybridized carbons (Fsp3) is 0. The first-order valence-electron chi connectivity index (χ1n) is 7.67. The number of hydrogen-bond acceptors (Lipinski definition) is 2. The molecule has 0 saturated heterocycles. The van der Waals surface area contributed by atoms with Gasteiger partial charge in [-0.25, -0.2) is 4.98 Å². The summed E-state index contributed by atoms with van der Waals surface area (Å²) in [6.45, 7) is 0. The molecule has 1 aromatic heterocycles. The number of hydrogen-bond donors (Lipinski definition) is 1. The maximum absolute atomic E-state index is 11.0. The van der Waals surface area contributed by atoms with Crippen molar-refractivity contribution in [1.82, 2.24) is 4.98 Å². The molecule has 4 aromatic rings. The van der Waals surface area contributed by atoms with Crippen molar-refractivity contribution < 1.29 is 5.11 Å². The third-order valence-corrected chi connectivity index (χ3v) is 4.27. The van der Waals surface area contributed by atoms with Crippen molar-refractivity contribution in [2.45, 2.75) is 0 Å². The third-order valence-electron chi connectivity index (χ3n) is 4.03. The Morgan fingerprint density at radius 1 is 0.760 bits per heavy atom. The molecule has 1 N–H and O–H groups in total. The van der Waals surface area contributed by atoms with Crippen LogP contribution in [0.15, 0.2) is 78.9 Å². The Morgan fingerprint density at radius 2 is 1.36 bits per heavy atom. The quantitative estimate of drug-likeness (QED) is 0.447. The van der Waals surface area contributed by atoms with Crippen LogP contribution >= 0.6 is 24.0 Å². The summed E-state index contributed by atoms with van der Waals surface area (Å²) in [5.74, 6) is 0.169. The van der Waals surface area contributed by atoms with Gasteiger partial charge in [-0.1, -0.05) is 72.3 Å². The second kappa shape index (κ2) is 7.14. The van der Waals surface area contributed by atoms with Gasteiger partial charge in [0.2, 0.25) is 0 Å². The number of benzene rings is 3. The lowest BCUT2D eigenvalue weighted by atomic mass is 9.97. The summed E-state index contributed by atoms with van der Waals surface area (Å²) < 4.78 is 0. The Morgan fingerprint density at radius 3 is 2.00 bits per heavy atom. The summed E-state index contributed by atoms with van der Waals surface area (Å²) in [6, 6.07) is 25.1. The molecule has 2 nitrogen and oxygen atoms in total. The van der Waals surface area contributed by atoms with E-state index in [9.17, 15) is 5.11 Å². The number of rotatable bonds is 2. The number of pyridine rings is 1. The molecule has 124 valence electrons. The highest BCUT2D eigenvalue weighted by Crippen LogP contribution is 2.42. The van der Waals surface area contributed by atoms with Gasteiger partial charge in [-0.05, 0) is 23.8 Å². The van der Waals surface area contributed by atoms with Crippen molar-refractivity contribution in [3.8, 4) is 28.1 Å². The van der Waals surface area contributed by atoms with Crippen LogP contribution in [0.3, 0.4) is 0 Å². The van der Waals surface area contributed by atoms with Gasteiger partial charge in [-0.15, -0.1) is 12.4 Å². The second-order valence-corrected chi connectivity index (χ2v) is 6.01. The molecule has 0 aliphatic heterocycles. The largest absolute Gasteiger partial charge is 0.505 e. The van der Waals surface area contributed by atoms with Crippen LogP contribution in [0.2, 0.25) is 5.02 Å².